The van der Waals surface area contributed by atoms with Gasteiger partial charge >= 0.3 is 6.18 Å². The molecule has 164 valence electrons. The van der Waals surface area contributed by atoms with Crippen LogP contribution in [0.3, 0.4) is 0 Å². The quantitative estimate of drug-likeness (QED) is 0.472. The molecule has 0 aliphatic rings. The van der Waals surface area contributed by atoms with Crippen LogP contribution >= 0.6 is 0 Å². The molecule has 3 aromatic heterocycles. The van der Waals surface area contributed by atoms with Crippen molar-refractivity contribution in [1.82, 2.24) is 24.7 Å². The van der Waals surface area contributed by atoms with E-state index in [1.807, 2.05) is 0 Å². The smallest absolute Gasteiger partial charge is 0.318 e. The summed E-state index contributed by atoms with van der Waals surface area (Å²) in [4.78, 5) is 24.3. The molecule has 0 aliphatic heterocycles. The molecule has 0 saturated carbocycles. The molecule has 3 heterocycles. The highest BCUT2D eigenvalue weighted by Crippen LogP contribution is 2.32. The summed E-state index contributed by atoms with van der Waals surface area (Å²) in [5.74, 6) is -1.12. The van der Waals surface area contributed by atoms with E-state index in [2.05, 4.69) is 25.4 Å². The molecule has 1 N–H and O–H groups in total. The SMILES string of the molecule is Cc1cc(NC(=O)c2ccnn2C)c(F)cc1-c1ncc2nc(C(F)(F)F)cc(C)c2n1. The number of aromatic nitrogens is 5. The maximum absolute atomic E-state index is 14.8. The second-order valence-electron chi connectivity index (χ2n) is 7.19. The van der Waals surface area contributed by atoms with Crippen molar-refractivity contribution in [3.8, 4) is 11.4 Å². The van der Waals surface area contributed by atoms with Crippen LogP contribution in [-0.2, 0) is 13.2 Å². The molecule has 4 rings (SSSR count). The number of rotatable bonds is 3. The van der Waals surface area contributed by atoms with E-state index in [0.29, 0.717) is 11.1 Å². The van der Waals surface area contributed by atoms with Gasteiger partial charge in [0.25, 0.3) is 5.91 Å². The van der Waals surface area contributed by atoms with Crippen molar-refractivity contribution < 1.29 is 22.4 Å². The fourth-order valence-corrected chi connectivity index (χ4v) is 3.26. The van der Waals surface area contributed by atoms with E-state index in [0.717, 1.165) is 6.07 Å². The molecule has 0 saturated heterocycles. The zero-order chi connectivity index (χ0) is 23.2. The summed E-state index contributed by atoms with van der Waals surface area (Å²) in [5, 5.41) is 6.40. The Balaban J connectivity index is 1.71. The second kappa shape index (κ2) is 7.66. The number of halogens is 4. The monoisotopic (exact) mass is 444 g/mol. The molecule has 0 bridgehead atoms. The normalized spacial score (nSPS) is 11.7. The predicted octanol–water partition coefficient (Wildman–Crippen LogP) is 4.45. The summed E-state index contributed by atoms with van der Waals surface area (Å²) in [5.41, 5.74) is 0.566. The molecule has 0 atom stereocenters. The van der Waals surface area contributed by atoms with Gasteiger partial charge in [-0.15, -0.1) is 0 Å². The predicted molar refractivity (Wildman–Crippen MR) is 108 cm³/mol. The molecular weight excluding hydrogens is 428 g/mol. The van der Waals surface area contributed by atoms with E-state index in [4.69, 9.17) is 0 Å². The molecular formula is C21H16F4N6O. The van der Waals surface area contributed by atoms with Crippen LogP contribution in [0.25, 0.3) is 22.4 Å². The lowest BCUT2D eigenvalue weighted by Gasteiger charge is -2.12. The molecule has 0 aliphatic carbocycles. The van der Waals surface area contributed by atoms with E-state index in [9.17, 15) is 22.4 Å². The van der Waals surface area contributed by atoms with E-state index in [-0.39, 0.29) is 33.8 Å². The number of aryl methyl sites for hydroxylation is 3. The van der Waals surface area contributed by atoms with Crippen LogP contribution in [0.5, 0.6) is 0 Å². The lowest BCUT2D eigenvalue weighted by molar-refractivity contribution is -0.141. The van der Waals surface area contributed by atoms with Gasteiger partial charge in [-0.2, -0.15) is 18.3 Å². The van der Waals surface area contributed by atoms with Gasteiger partial charge in [-0.05, 0) is 49.2 Å². The Morgan fingerprint density at radius 3 is 2.50 bits per heavy atom. The van der Waals surface area contributed by atoms with Gasteiger partial charge in [-0.3, -0.25) is 9.48 Å². The molecule has 11 heteroatoms. The minimum atomic E-state index is -4.59. The van der Waals surface area contributed by atoms with Crippen LogP contribution in [0.15, 0.2) is 36.7 Å². The maximum Gasteiger partial charge on any atom is 0.433 e. The third kappa shape index (κ3) is 3.88. The van der Waals surface area contributed by atoms with Crippen LogP contribution in [0.1, 0.15) is 27.3 Å². The Morgan fingerprint density at radius 2 is 1.84 bits per heavy atom. The van der Waals surface area contributed by atoms with Gasteiger partial charge in [0.2, 0.25) is 0 Å². The summed E-state index contributed by atoms with van der Waals surface area (Å²) in [7, 11) is 1.59. The average molecular weight is 444 g/mol. The molecule has 4 aromatic rings. The van der Waals surface area contributed by atoms with Gasteiger partial charge in [0, 0.05) is 18.8 Å². The zero-order valence-electron chi connectivity index (χ0n) is 17.1. The lowest BCUT2D eigenvalue weighted by atomic mass is 10.1. The first kappa shape index (κ1) is 21.3. The first-order chi connectivity index (χ1) is 15.0. The van der Waals surface area contributed by atoms with E-state index in [1.54, 1.807) is 14.0 Å². The number of alkyl halides is 3. The Bertz CT molecular complexity index is 1360. The average Bonchev–Trinajstić information content (AvgIpc) is 3.15. The summed E-state index contributed by atoms with van der Waals surface area (Å²) in [6, 6.07) is 5.01. The number of anilines is 1. The molecule has 1 aromatic carbocycles. The number of benzene rings is 1. The first-order valence-electron chi connectivity index (χ1n) is 9.36. The molecule has 32 heavy (non-hydrogen) atoms. The van der Waals surface area contributed by atoms with E-state index < -0.39 is 23.6 Å². The maximum atomic E-state index is 14.8. The number of fused-ring (bicyclic) bond motifs is 1. The van der Waals surface area contributed by atoms with E-state index in [1.165, 1.54) is 42.2 Å². The number of amides is 1. The topological polar surface area (TPSA) is 85.6 Å². The zero-order valence-corrected chi connectivity index (χ0v) is 17.1. The van der Waals surface area contributed by atoms with Crippen molar-refractivity contribution in [1.29, 1.82) is 0 Å². The lowest BCUT2D eigenvalue weighted by Crippen LogP contribution is -2.17. The third-order valence-corrected chi connectivity index (χ3v) is 4.88. The Kier molecular flexibility index (Phi) is 5.11. The fourth-order valence-electron chi connectivity index (χ4n) is 3.26. The fraction of sp³-hybridized carbons (Fsp3) is 0.190. The largest absolute Gasteiger partial charge is 0.433 e. The van der Waals surface area contributed by atoms with Gasteiger partial charge in [0.1, 0.15) is 22.7 Å². The van der Waals surface area contributed by atoms with Gasteiger partial charge < -0.3 is 5.32 Å². The minimum Gasteiger partial charge on any atom is -0.318 e. The number of carbonyl (C=O) groups excluding carboxylic acids is 1. The number of nitrogens with zero attached hydrogens (tertiary/aromatic N) is 5. The summed E-state index contributed by atoms with van der Waals surface area (Å²) in [6.07, 6.45) is -1.96. The molecule has 0 radical (unpaired) electrons. The molecule has 0 unspecified atom stereocenters. The Hall–Kier alpha value is -3.89. The van der Waals surface area contributed by atoms with Crippen molar-refractivity contribution in [2.75, 3.05) is 5.32 Å². The molecule has 7 nitrogen and oxygen atoms in total. The van der Waals surface area contributed by atoms with Crippen molar-refractivity contribution in [3.63, 3.8) is 0 Å². The molecule has 1 amide bonds. The van der Waals surface area contributed by atoms with Crippen molar-refractivity contribution in [3.05, 3.63) is 65.0 Å². The number of hydrogen-bond donors (Lipinski definition) is 1. The van der Waals surface area contributed by atoms with Crippen molar-refractivity contribution in [2.24, 2.45) is 7.05 Å². The number of nitrogens with one attached hydrogen (secondary N) is 1. The van der Waals surface area contributed by atoms with Crippen LogP contribution in [0.4, 0.5) is 23.2 Å². The van der Waals surface area contributed by atoms with E-state index >= 15 is 0 Å². The van der Waals surface area contributed by atoms with Gasteiger partial charge in [-0.1, -0.05) is 0 Å². The number of carbonyl (C=O) groups is 1. The van der Waals surface area contributed by atoms with Gasteiger partial charge in [0.15, 0.2) is 5.82 Å². The third-order valence-electron chi connectivity index (χ3n) is 4.88. The van der Waals surface area contributed by atoms with Gasteiger partial charge in [-0.25, -0.2) is 19.3 Å². The molecule has 0 fully saturated rings. The summed E-state index contributed by atoms with van der Waals surface area (Å²) in [6.45, 7) is 3.17. The highest BCUT2D eigenvalue weighted by molar-refractivity contribution is 6.03. The second-order valence-corrected chi connectivity index (χ2v) is 7.19. The molecule has 0 spiro atoms. The summed E-state index contributed by atoms with van der Waals surface area (Å²) >= 11 is 0. The first-order valence-corrected chi connectivity index (χ1v) is 9.36. The van der Waals surface area contributed by atoms with Gasteiger partial charge in [0.05, 0.1) is 17.4 Å². The van der Waals surface area contributed by atoms with Crippen LogP contribution in [0, 0.1) is 19.7 Å². The highest BCUT2D eigenvalue weighted by Gasteiger charge is 2.33. The van der Waals surface area contributed by atoms with Crippen LogP contribution in [-0.4, -0.2) is 30.6 Å². The number of hydrogen-bond acceptors (Lipinski definition) is 5. The minimum absolute atomic E-state index is 0.0146. The van der Waals surface area contributed by atoms with Crippen molar-refractivity contribution >= 4 is 22.6 Å². The summed E-state index contributed by atoms with van der Waals surface area (Å²) < 4.78 is 55.1. The Morgan fingerprint density at radius 1 is 1.09 bits per heavy atom. The Labute approximate surface area is 179 Å². The van der Waals surface area contributed by atoms with Crippen LogP contribution in [0.2, 0.25) is 0 Å². The highest BCUT2D eigenvalue weighted by atomic mass is 19.4. The van der Waals surface area contributed by atoms with Crippen molar-refractivity contribution in [2.45, 2.75) is 20.0 Å². The number of pyridine rings is 1. The van der Waals surface area contributed by atoms with Crippen LogP contribution < -0.4 is 5.32 Å². The standard InChI is InChI=1S/C21H16F4N6O/c1-10-6-14(29-20(32)16-4-5-27-31(16)3)13(22)8-12(10)19-26-9-15-18(30-19)11(2)7-17(28-15)21(23,24)25/h4-9H,1-3H3,(H,29,32).